The van der Waals surface area contributed by atoms with Crippen LogP contribution in [0.5, 0.6) is 0 Å². The van der Waals surface area contributed by atoms with Crippen LogP contribution in [0, 0.1) is 12.8 Å². The van der Waals surface area contributed by atoms with Gasteiger partial charge < -0.3 is 15.4 Å². The first-order valence-corrected chi connectivity index (χ1v) is 8.90. The van der Waals surface area contributed by atoms with Crippen LogP contribution in [-0.4, -0.2) is 31.6 Å². The Hall–Kier alpha value is -1.39. The van der Waals surface area contributed by atoms with E-state index in [2.05, 4.69) is 41.8 Å². The van der Waals surface area contributed by atoms with E-state index in [4.69, 9.17) is 4.74 Å². The van der Waals surface area contributed by atoms with Gasteiger partial charge in [-0.1, -0.05) is 29.8 Å². The molecule has 2 aliphatic rings. The van der Waals surface area contributed by atoms with Crippen molar-refractivity contribution in [3.8, 4) is 0 Å². The molecule has 0 bridgehead atoms. The summed E-state index contributed by atoms with van der Waals surface area (Å²) in [5.74, 6) is 0.834. The molecule has 4 heteroatoms. The summed E-state index contributed by atoms with van der Waals surface area (Å²) in [5, 5.41) is 6.58. The Morgan fingerprint density at radius 1 is 1.30 bits per heavy atom. The molecule has 2 saturated heterocycles. The van der Waals surface area contributed by atoms with E-state index in [0.717, 1.165) is 39.0 Å². The zero-order valence-corrected chi connectivity index (χ0v) is 14.0. The van der Waals surface area contributed by atoms with Gasteiger partial charge in [0.2, 0.25) is 5.91 Å². The van der Waals surface area contributed by atoms with Crippen molar-refractivity contribution >= 4 is 5.91 Å². The molecule has 0 aromatic heterocycles. The summed E-state index contributed by atoms with van der Waals surface area (Å²) in [5.41, 5.74) is 2.41. The van der Waals surface area contributed by atoms with Gasteiger partial charge in [0.05, 0.1) is 6.04 Å². The van der Waals surface area contributed by atoms with Gasteiger partial charge in [-0.05, 0) is 57.2 Å². The molecule has 1 aromatic rings. The zero-order valence-electron chi connectivity index (χ0n) is 14.0. The zero-order chi connectivity index (χ0) is 16.1. The van der Waals surface area contributed by atoms with Gasteiger partial charge in [-0.15, -0.1) is 0 Å². The van der Waals surface area contributed by atoms with Crippen LogP contribution in [0.2, 0.25) is 0 Å². The molecule has 0 saturated carbocycles. The Balaban J connectivity index is 1.55. The van der Waals surface area contributed by atoms with Crippen LogP contribution in [-0.2, 0) is 9.53 Å². The van der Waals surface area contributed by atoms with Gasteiger partial charge in [-0.2, -0.15) is 0 Å². The predicted octanol–water partition coefficient (Wildman–Crippen LogP) is 2.72. The van der Waals surface area contributed by atoms with Gasteiger partial charge in [-0.3, -0.25) is 4.79 Å². The third-order valence-corrected chi connectivity index (χ3v) is 5.02. The van der Waals surface area contributed by atoms with E-state index in [1.165, 1.54) is 17.5 Å². The Morgan fingerprint density at radius 3 is 2.87 bits per heavy atom. The third-order valence-electron chi connectivity index (χ3n) is 5.02. The van der Waals surface area contributed by atoms with E-state index in [1.807, 2.05) is 0 Å². The monoisotopic (exact) mass is 316 g/mol. The smallest absolute Gasteiger partial charge is 0.220 e. The van der Waals surface area contributed by atoms with E-state index in [9.17, 15) is 4.79 Å². The van der Waals surface area contributed by atoms with E-state index in [0.29, 0.717) is 12.3 Å². The van der Waals surface area contributed by atoms with Crippen molar-refractivity contribution in [2.75, 3.05) is 19.7 Å². The summed E-state index contributed by atoms with van der Waals surface area (Å²) in [6.07, 6.45) is 4.81. The first-order valence-electron chi connectivity index (χ1n) is 8.90. The average Bonchev–Trinajstić information content (AvgIpc) is 3.08. The lowest BCUT2D eigenvalue weighted by molar-refractivity contribution is -0.124. The third kappa shape index (κ3) is 4.55. The minimum Gasteiger partial charge on any atom is -0.371 e. The maximum atomic E-state index is 12.3. The van der Waals surface area contributed by atoms with Crippen LogP contribution in [0.25, 0.3) is 0 Å². The number of carbonyl (C=O) groups is 1. The Labute approximate surface area is 139 Å². The fraction of sp³-hybridized carbons (Fsp3) is 0.632. The van der Waals surface area contributed by atoms with Crippen LogP contribution < -0.4 is 10.6 Å². The molecule has 2 fully saturated rings. The lowest BCUT2D eigenvalue weighted by Gasteiger charge is -2.33. The summed E-state index contributed by atoms with van der Waals surface area (Å²) in [6, 6.07) is 8.56. The number of ether oxygens (including phenoxy) is 1. The summed E-state index contributed by atoms with van der Waals surface area (Å²) in [6.45, 7) is 5.02. The van der Waals surface area contributed by atoms with Gasteiger partial charge in [0.1, 0.15) is 6.10 Å². The summed E-state index contributed by atoms with van der Waals surface area (Å²) in [7, 11) is 0. The average molecular weight is 316 g/mol. The molecular weight excluding hydrogens is 288 g/mol. The number of aryl methyl sites for hydroxylation is 1. The number of carbonyl (C=O) groups excluding carboxylic acids is 1. The molecule has 0 spiro atoms. The molecule has 0 aliphatic carbocycles. The van der Waals surface area contributed by atoms with Crippen LogP contribution in [0.3, 0.4) is 0 Å². The van der Waals surface area contributed by atoms with Crippen molar-refractivity contribution in [1.82, 2.24) is 10.6 Å². The van der Waals surface area contributed by atoms with Crippen molar-refractivity contribution < 1.29 is 9.53 Å². The van der Waals surface area contributed by atoms with Crippen LogP contribution >= 0.6 is 0 Å². The second kappa shape index (κ2) is 7.93. The highest BCUT2D eigenvalue weighted by atomic mass is 16.5. The van der Waals surface area contributed by atoms with E-state index in [-0.39, 0.29) is 18.1 Å². The molecule has 1 aromatic carbocycles. The van der Waals surface area contributed by atoms with Crippen LogP contribution in [0.1, 0.15) is 49.3 Å². The molecule has 2 heterocycles. The molecule has 3 atom stereocenters. The number of nitrogens with one attached hydrogen (secondary N) is 2. The van der Waals surface area contributed by atoms with Crippen molar-refractivity contribution in [1.29, 1.82) is 0 Å². The van der Waals surface area contributed by atoms with Crippen LogP contribution in [0.15, 0.2) is 24.3 Å². The Bertz CT molecular complexity index is 509. The normalized spacial score (nSPS) is 27.8. The molecule has 3 unspecified atom stereocenters. The standard InChI is InChI=1S/C19H28N2O2/c1-14-4-7-16(8-5-14)19-17(3-2-12-23-19)21-18(22)9-6-15-10-11-20-13-15/h4-5,7-8,15,17,19-20H,2-3,6,9-13H2,1H3,(H,21,22). The number of hydrogen-bond acceptors (Lipinski definition) is 3. The number of rotatable bonds is 5. The van der Waals surface area contributed by atoms with E-state index >= 15 is 0 Å². The minimum absolute atomic E-state index is 0.0125. The molecule has 3 rings (SSSR count). The predicted molar refractivity (Wildman–Crippen MR) is 91.2 cm³/mol. The maximum absolute atomic E-state index is 12.3. The largest absolute Gasteiger partial charge is 0.371 e. The van der Waals surface area contributed by atoms with Crippen LogP contribution in [0.4, 0.5) is 0 Å². The second-order valence-corrected chi connectivity index (χ2v) is 6.92. The Kier molecular flexibility index (Phi) is 5.68. The molecule has 23 heavy (non-hydrogen) atoms. The lowest BCUT2D eigenvalue weighted by atomic mass is 9.95. The van der Waals surface area contributed by atoms with E-state index in [1.54, 1.807) is 0 Å². The summed E-state index contributed by atoms with van der Waals surface area (Å²) in [4.78, 5) is 12.3. The molecule has 4 nitrogen and oxygen atoms in total. The molecule has 126 valence electrons. The van der Waals surface area contributed by atoms with Crippen molar-refractivity contribution in [3.63, 3.8) is 0 Å². The molecule has 0 radical (unpaired) electrons. The van der Waals surface area contributed by atoms with E-state index < -0.39 is 0 Å². The lowest BCUT2D eigenvalue weighted by Crippen LogP contribution is -2.42. The minimum atomic E-state index is -0.0125. The van der Waals surface area contributed by atoms with Gasteiger partial charge in [-0.25, -0.2) is 0 Å². The highest BCUT2D eigenvalue weighted by molar-refractivity contribution is 5.76. The maximum Gasteiger partial charge on any atom is 0.220 e. The molecular formula is C19H28N2O2. The quantitative estimate of drug-likeness (QED) is 0.878. The fourth-order valence-corrected chi connectivity index (χ4v) is 3.59. The van der Waals surface area contributed by atoms with Gasteiger partial charge in [0.15, 0.2) is 0 Å². The first kappa shape index (κ1) is 16.5. The highest BCUT2D eigenvalue weighted by Gasteiger charge is 2.28. The molecule has 2 aliphatic heterocycles. The first-order chi connectivity index (χ1) is 11.2. The SMILES string of the molecule is Cc1ccc(C2OCCCC2NC(=O)CCC2CCNC2)cc1. The topological polar surface area (TPSA) is 50.4 Å². The Morgan fingerprint density at radius 2 is 2.13 bits per heavy atom. The van der Waals surface area contributed by atoms with Gasteiger partial charge >= 0.3 is 0 Å². The van der Waals surface area contributed by atoms with Crippen molar-refractivity contribution in [2.24, 2.45) is 5.92 Å². The van der Waals surface area contributed by atoms with Gasteiger partial charge in [0, 0.05) is 13.0 Å². The van der Waals surface area contributed by atoms with Crippen molar-refractivity contribution in [2.45, 2.75) is 51.2 Å². The van der Waals surface area contributed by atoms with Crippen molar-refractivity contribution in [3.05, 3.63) is 35.4 Å². The fourth-order valence-electron chi connectivity index (χ4n) is 3.59. The summed E-state index contributed by atoms with van der Waals surface area (Å²) >= 11 is 0. The second-order valence-electron chi connectivity index (χ2n) is 6.92. The number of amides is 1. The molecule has 1 amide bonds. The summed E-state index contributed by atoms with van der Waals surface area (Å²) < 4.78 is 5.97. The van der Waals surface area contributed by atoms with Gasteiger partial charge in [0.25, 0.3) is 0 Å². The number of benzene rings is 1. The highest BCUT2D eigenvalue weighted by Crippen LogP contribution is 2.29. The number of hydrogen-bond donors (Lipinski definition) is 2. The molecule has 2 N–H and O–H groups in total.